The van der Waals surface area contributed by atoms with Gasteiger partial charge >= 0.3 is 0 Å². The van der Waals surface area contributed by atoms with Gasteiger partial charge in [0.1, 0.15) is 0 Å². The van der Waals surface area contributed by atoms with Crippen LogP contribution in [0.25, 0.3) is 0 Å². The second-order valence-electron chi connectivity index (χ2n) is 5.49. The number of rotatable bonds is 3. The Morgan fingerprint density at radius 1 is 1.20 bits per heavy atom. The lowest BCUT2D eigenvalue weighted by molar-refractivity contribution is -0.130. The first-order valence-electron chi connectivity index (χ1n) is 7.51. The van der Waals surface area contributed by atoms with Crippen LogP contribution < -0.4 is 10.2 Å². The van der Waals surface area contributed by atoms with Crippen molar-refractivity contribution in [3.63, 3.8) is 0 Å². The number of anilines is 1. The molecule has 0 aromatic heterocycles. The summed E-state index contributed by atoms with van der Waals surface area (Å²) < 4.78 is 1.13. The summed E-state index contributed by atoms with van der Waals surface area (Å²) in [7, 11) is 0. The Morgan fingerprint density at radius 2 is 1.92 bits per heavy atom. The molecule has 1 aliphatic rings. The third-order valence-electron chi connectivity index (χ3n) is 3.73. The number of carbonyl (C=O) groups excluding carboxylic acids is 2. The highest BCUT2D eigenvalue weighted by Gasteiger charge is 2.38. The number of para-hydroxylation sites is 1. The quantitative estimate of drug-likeness (QED) is 0.329. The lowest BCUT2D eigenvalue weighted by Crippen LogP contribution is -2.58. The molecule has 2 aromatic rings. The molecular weight excluding hydrogens is 449 g/mol. The Hall–Kier alpha value is -2.13. The van der Waals surface area contributed by atoms with Crippen molar-refractivity contribution >= 4 is 69.3 Å². The van der Waals surface area contributed by atoms with Crippen molar-refractivity contribution in [1.29, 1.82) is 0 Å². The largest absolute Gasteiger partial charge is 0.301 e. The molecule has 1 aliphatic heterocycles. The van der Waals surface area contributed by atoms with E-state index in [0.29, 0.717) is 11.4 Å². The molecule has 1 atom stereocenters. The van der Waals surface area contributed by atoms with Crippen molar-refractivity contribution in [1.82, 2.24) is 5.32 Å². The van der Waals surface area contributed by atoms with E-state index in [1.807, 2.05) is 31.2 Å². The lowest BCUT2D eigenvalue weighted by atomic mass is 10.1. The molecule has 1 heterocycles. The number of aliphatic imine (C=N–C) groups is 1. The van der Waals surface area contributed by atoms with Gasteiger partial charge in [0.05, 0.1) is 11.4 Å². The van der Waals surface area contributed by atoms with E-state index in [2.05, 4.69) is 32.9 Å². The Kier molecular flexibility index (Phi) is 5.24. The van der Waals surface area contributed by atoms with Gasteiger partial charge in [-0.2, -0.15) is 0 Å². The zero-order valence-electron chi connectivity index (χ0n) is 13.3. The highest BCUT2D eigenvalue weighted by atomic mass is 127. The van der Waals surface area contributed by atoms with Gasteiger partial charge in [-0.15, -0.1) is 0 Å². The number of hydrogen-bond donors (Lipinski definition) is 1. The second kappa shape index (κ2) is 7.40. The Balaban J connectivity index is 1.88. The Labute approximate surface area is 164 Å². The van der Waals surface area contributed by atoms with Crippen LogP contribution in [0.1, 0.15) is 5.56 Å². The van der Waals surface area contributed by atoms with Crippen LogP contribution in [0, 0.1) is 16.4 Å². The normalized spacial score (nSPS) is 17.9. The molecule has 1 fully saturated rings. The fraction of sp³-hybridized carbons (Fsp3) is 0.111. The van der Waals surface area contributed by atoms with Crippen LogP contribution in [-0.4, -0.2) is 23.1 Å². The van der Waals surface area contributed by atoms with Gasteiger partial charge in [0, 0.05) is 9.78 Å². The standard InChI is InChI=1S/C18H14IN3O2S/c1-11-9-12(7-8-15(11)19)20-10-14-16(23)21-18(25)22(17(14)24)13-5-3-2-4-6-13/h2-10,14H,1H3,(H,21,23,25)/t14-/m0/s1. The number of nitrogens with zero attached hydrogens (tertiary/aromatic N) is 2. The number of nitrogens with one attached hydrogen (secondary N) is 1. The minimum Gasteiger partial charge on any atom is -0.301 e. The Bertz CT molecular complexity index is 883. The van der Waals surface area contributed by atoms with Crippen molar-refractivity contribution in [2.24, 2.45) is 10.9 Å². The molecule has 0 unspecified atom stereocenters. The van der Waals surface area contributed by atoms with E-state index in [0.717, 1.165) is 9.13 Å². The zero-order chi connectivity index (χ0) is 18.0. The van der Waals surface area contributed by atoms with Gasteiger partial charge in [-0.05, 0) is 77.6 Å². The number of benzene rings is 2. The molecule has 2 aromatic carbocycles. The fourth-order valence-corrected chi connectivity index (χ4v) is 3.04. The molecule has 0 aliphatic carbocycles. The second-order valence-corrected chi connectivity index (χ2v) is 7.04. The van der Waals surface area contributed by atoms with Crippen LogP contribution >= 0.6 is 34.8 Å². The van der Waals surface area contributed by atoms with Gasteiger partial charge in [-0.1, -0.05) is 18.2 Å². The monoisotopic (exact) mass is 463 g/mol. The van der Waals surface area contributed by atoms with Gasteiger partial charge in [-0.25, -0.2) is 0 Å². The van der Waals surface area contributed by atoms with Gasteiger partial charge in [0.15, 0.2) is 11.0 Å². The van der Waals surface area contributed by atoms with Gasteiger partial charge in [0.2, 0.25) is 5.91 Å². The van der Waals surface area contributed by atoms with Crippen molar-refractivity contribution < 1.29 is 9.59 Å². The van der Waals surface area contributed by atoms with E-state index in [-0.39, 0.29) is 5.11 Å². The first kappa shape index (κ1) is 17.7. The molecule has 5 nitrogen and oxygen atoms in total. The maximum absolute atomic E-state index is 12.8. The summed E-state index contributed by atoms with van der Waals surface area (Å²) in [5.74, 6) is -1.90. The SMILES string of the molecule is Cc1cc(N=C[C@H]2C(=O)NC(=S)N(c3ccccc3)C2=O)ccc1I. The Morgan fingerprint density at radius 3 is 2.60 bits per heavy atom. The average molecular weight is 463 g/mol. The number of aryl methyl sites for hydroxylation is 1. The van der Waals surface area contributed by atoms with Crippen LogP contribution in [0.15, 0.2) is 53.5 Å². The molecule has 0 bridgehead atoms. The maximum Gasteiger partial charge on any atom is 0.251 e. The molecular formula is C18H14IN3O2S. The number of halogens is 1. The van der Waals surface area contributed by atoms with Crippen molar-refractivity contribution in [2.45, 2.75) is 6.92 Å². The van der Waals surface area contributed by atoms with Gasteiger partial charge in [-0.3, -0.25) is 19.5 Å². The average Bonchev–Trinajstić information content (AvgIpc) is 2.58. The van der Waals surface area contributed by atoms with E-state index in [4.69, 9.17) is 12.2 Å². The molecule has 1 N–H and O–H groups in total. The predicted octanol–water partition coefficient (Wildman–Crippen LogP) is 3.37. The molecule has 126 valence electrons. The van der Waals surface area contributed by atoms with Crippen molar-refractivity contribution in [2.75, 3.05) is 4.90 Å². The molecule has 2 amide bonds. The van der Waals surface area contributed by atoms with Crippen molar-refractivity contribution in [3.8, 4) is 0 Å². The van der Waals surface area contributed by atoms with E-state index in [1.54, 1.807) is 24.3 Å². The lowest BCUT2D eigenvalue weighted by Gasteiger charge is -2.30. The minimum atomic E-state index is -1.02. The van der Waals surface area contributed by atoms with Crippen LogP contribution in [0.2, 0.25) is 0 Å². The summed E-state index contributed by atoms with van der Waals surface area (Å²) in [6.07, 6.45) is 1.37. The smallest absolute Gasteiger partial charge is 0.251 e. The summed E-state index contributed by atoms with van der Waals surface area (Å²) in [5, 5.41) is 2.65. The highest BCUT2D eigenvalue weighted by molar-refractivity contribution is 14.1. The van der Waals surface area contributed by atoms with E-state index < -0.39 is 17.7 Å². The molecule has 1 saturated heterocycles. The summed E-state index contributed by atoms with van der Waals surface area (Å²) >= 11 is 7.39. The molecule has 7 heteroatoms. The topological polar surface area (TPSA) is 61.8 Å². The summed E-state index contributed by atoms with van der Waals surface area (Å²) in [5.41, 5.74) is 2.39. The summed E-state index contributed by atoms with van der Waals surface area (Å²) in [6.45, 7) is 1.98. The third-order valence-corrected chi connectivity index (χ3v) is 5.23. The van der Waals surface area contributed by atoms with E-state index in [1.165, 1.54) is 11.1 Å². The maximum atomic E-state index is 12.8. The van der Waals surface area contributed by atoms with E-state index in [9.17, 15) is 9.59 Å². The van der Waals surface area contributed by atoms with Crippen LogP contribution in [0.5, 0.6) is 0 Å². The van der Waals surface area contributed by atoms with Gasteiger partial charge in [0.25, 0.3) is 5.91 Å². The predicted molar refractivity (Wildman–Crippen MR) is 110 cm³/mol. The summed E-state index contributed by atoms with van der Waals surface area (Å²) in [4.78, 5) is 30.6. The third kappa shape index (κ3) is 3.77. The number of carbonyl (C=O) groups is 2. The fourth-order valence-electron chi connectivity index (χ4n) is 2.41. The van der Waals surface area contributed by atoms with Crippen LogP contribution in [0.4, 0.5) is 11.4 Å². The molecule has 3 rings (SSSR count). The zero-order valence-corrected chi connectivity index (χ0v) is 16.2. The van der Waals surface area contributed by atoms with Gasteiger partial charge < -0.3 is 5.32 Å². The summed E-state index contributed by atoms with van der Waals surface area (Å²) in [6, 6.07) is 14.7. The van der Waals surface area contributed by atoms with Crippen LogP contribution in [0.3, 0.4) is 0 Å². The van der Waals surface area contributed by atoms with Crippen molar-refractivity contribution in [3.05, 3.63) is 57.7 Å². The number of thiocarbonyl (C=S) groups is 1. The minimum absolute atomic E-state index is 0.0796. The van der Waals surface area contributed by atoms with E-state index >= 15 is 0 Å². The highest BCUT2D eigenvalue weighted by Crippen LogP contribution is 2.22. The first-order valence-corrected chi connectivity index (χ1v) is 9.00. The first-order chi connectivity index (χ1) is 12.0. The molecule has 0 saturated carbocycles. The number of amides is 2. The number of hydrogen-bond acceptors (Lipinski definition) is 4. The molecule has 0 radical (unpaired) electrons. The molecule has 25 heavy (non-hydrogen) atoms. The molecule has 0 spiro atoms. The van der Waals surface area contributed by atoms with Crippen LogP contribution in [-0.2, 0) is 9.59 Å².